The average molecular weight is 318 g/mol. The van der Waals surface area contributed by atoms with Crippen LogP contribution in [0.25, 0.3) is 22.4 Å². The maximum absolute atomic E-state index is 7.67. The van der Waals surface area contributed by atoms with Gasteiger partial charge in [-0.2, -0.15) is 0 Å². The Labute approximate surface area is 148 Å². The molecule has 2 heterocycles. The summed E-state index contributed by atoms with van der Waals surface area (Å²) in [5.74, 6) is 0. The minimum atomic E-state index is -2.11. The van der Waals surface area contributed by atoms with Gasteiger partial charge in [0.2, 0.25) is 5.69 Å². The van der Waals surface area contributed by atoms with Crippen LogP contribution in [0.2, 0.25) is 0 Å². The predicted molar refractivity (Wildman–Crippen MR) is 97.9 cm³/mol. The van der Waals surface area contributed by atoms with Crippen molar-refractivity contribution in [2.45, 2.75) is 33.0 Å². The summed E-state index contributed by atoms with van der Waals surface area (Å²) in [6.45, 7) is 4.43. The average Bonchev–Trinajstić information content (AvgIpc) is 2.83. The van der Waals surface area contributed by atoms with Crippen LogP contribution in [0.4, 0.5) is 0 Å². The zero-order valence-electron chi connectivity index (χ0n) is 17.5. The highest BCUT2D eigenvalue weighted by Gasteiger charge is 2.40. The van der Waals surface area contributed by atoms with Crippen molar-refractivity contribution in [3.8, 4) is 22.4 Å². The van der Waals surface area contributed by atoms with Gasteiger partial charge in [0.25, 0.3) is 0 Å². The molecule has 0 atom stereocenters. The number of fused-ring (bicyclic) bond motifs is 3. The Bertz CT molecular complexity index is 1070. The molecule has 0 N–H and O–H groups in total. The highest BCUT2D eigenvalue weighted by Crippen LogP contribution is 2.51. The maximum Gasteiger partial charge on any atom is 0.212 e. The number of hydrogen-bond donors (Lipinski definition) is 0. The molecule has 3 aromatic rings. The molecule has 0 unspecified atom stereocenters. The van der Waals surface area contributed by atoms with E-state index in [1.165, 1.54) is 22.3 Å². The number of aryl methyl sites for hydroxylation is 3. The van der Waals surface area contributed by atoms with Gasteiger partial charge >= 0.3 is 0 Å². The van der Waals surface area contributed by atoms with Crippen molar-refractivity contribution >= 4 is 0 Å². The summed E-state index contributed by atoms with van der Waals surface area (Å²) in [7, 11) is 1.91. The van der Waals surface area contributed by atoms with E-state index in [1.807, 2.05) is 29.9 Å². The molecule has 120 valence electrons. The number of benzene rings is 1. The summed E-state index contributed by atoms with van der Waals surface area (Å²) >= 11 is 0. The third kappa shape index (κ3) is 1.96. The zero-order valence-corrected chi connectivity index (χ0v) is 14.5. The van der Waals surface area contributed by atoms with Gasteiger partial charge in [0.15, 0.2) is 6.20 Å². The summed E-state index contributed by atoms with van der Waals surface area (Å²) in [6, 6.07) is 12.1. The lowest BCUT2D eigenvalue weighted by molar-refractivity contribution is -0.660. The first-order chi connectivity index (χ1) is 12.6. The van der Waals surface area contributed by atoms with Crippen LogP contribution in [0.3, 0.4) is 0 Å². The van der Waals surface area contributed by atoms with E-state index >= 15 is 0 Å². The van der Waals surface area contributed by atoms with E-state index in [4.69, 9.17) is 4.11 Å². The van der Waals surface area contributed by atoms with E-state index in [0.29, 0.717) is 5.56 Å². The summed E-state index contributed by atoms with van der Waals surface area (Å²) in [5, 5.41) is 0. The fourth-order valence-electron chi connectivity index (χ4n) is 4.02. The lowest BCUT2D eigenvalue weighted by Crippen LogP contribution is -2.32. The van der Waals surface area contributed by atoms with Crippen LogP contribution in [-0.4, -0.2) is 4.98 Å². The number of nitrogens with zero attached hydrogens (tertiary/aromatic N) is 2. The van der Waals surface area contributed by atoms with Crippen LogP contribution in [0.1, 0.15) is 40.3 Å². The first kappa shape index (κ1) is 12.0. The minimum Gasteiger partial charge on any atom is -0.260 e. The second-order valence-corrected chi connectivity index (χ2v) is 7.12. The molecule has 2 nitrogen and oxygen atoms in total. The Kier molecular flexibility index (Phi) is 2.50. The molecule has 0 bridgehead atoms. The maximum atomic E-state index is 7.67. The second kappa shape index (κ2) is 5.01. The first-order valence-electron chi connectivity index (χ1n) is 9.73. The quantitative estimate of drug-likeness (QED) is 0.604. The molecule has 2 heteroatoms. The van der Waals surface area contributed by atoms with E-state index in [1.54, 1.807) is 12.3 Å². The number of hydrogen-bond acceptors (Lipinski definition) is 1. The van der Waals surface area contributed by atoms with E-state index in [0.717, 1.165) is 17.0 Å². The van der Waals surface area contributed by atoms with Gasteiger partial charge in [0.1, 0.15) is 7.05 Å². The summed E-state index contributed by atoms with van der Waals surface area (Å²) < 4.78 is 24.9. The van der Waals surface area contributed by atoms with Crippen molar-refractivity contribution < 1.29 is 8.68 Å². The summed E-state index contributed by atoms with van der Waals surface area (Å²) in [4.78, 5) is 4.68. The van der Waals surface area contributed by atoms with E-state index in [9.17, 15) is 0 Å². The Morgan fingerprint density at radius 2 is 1.92 bits per heavy atom. The molecule has 0 amide bonds. The third-order valence-corrected chi connectivity index (χ3v) is 5.12. The first-order valence-corrected chi connectivity index (χ1v) is 8.23. The molecule has 24 heavy (non-hydrogen) atoms. The third-order valence-electron chi connectivity index (χ3n) is 5.12. The molecule has 2 aromatic heterocycles. The van der Waals surface area contributed by atoms with Crippen molar-refractivity contribution in [2.24, 2.45) is 7.05 Å². The molecule has 1 aliphatic carbocycles. The van der Waals surface area contributed by atoms with Gasteiger partial charge in [-0.05, 0) is 42.6 Å². The molecule has 0 saturated heterocycles. The second-order valence-electron chi connectivity index (χ2n) is 7.12. The molecule has 0 fully saturated rings. The molecule has 1 aromatic carbocycles. The van der Waals surface area contributed by atoms with Gasteiger partial charge < -0.3 is 0 Å². The molecule has 1 aliphatic rings. The van der Waals surface area contributed by atoms with Crippen molar-refractivity contribution in [3.63, 3.8) is 0 Å². The molecule has 0 radical (unpaired) electrons. The molecule has 0 spiro atoms. The molecular weight excluding hydrogens is 292 g/mol. The standard InChI is InChI=1S/C22H23N2/c1-14-8-11-18(24(5)13-14)19-15(2)9-10-16-17-7-6-12-23-21(17)22(3,4)20(16)19/h6-13H,1-5H3/q+1/i1D3. The Morgan fingerprint density at radius 1 is 1.08 bits per heavy atom. The summed E-state index contributed by atoms with van der Waals surface area (Å²) in [5.41, 5.74) is 8.22. The number of pyridine rings is 2. The Morgan fingerprint density at radius 3 is 2.67 bits per heavy atom. The molecule has 0 saturated carbocycles. The van der Waals surface area contributed by atoms with Crippen LogP contribution in [-0.2, 0) is 12.5 Å². The van der Waals surface area contributed by atoms with Gasteiger partial charge in [-0.1, -0.05) is 32.0 Å². The normalized spacial score (nSPS) is 16.8. The monoisotopic (exact) mass is 318 g/mol. The summed E-state index contributed by atoms with van der Waals surface area (Å²) in [6.07, 6.45) is 3.57. The smallest absolute Gasteiger partial charge is 0.212 e. The number of rotatable bonds is 1. The predicted octanol–water partition coefficient (Wildman–Crippen LogP) is 4.50. The Hall–Kier alpha value is -2.48. The van der Waals surface area contributed by atoms with Crippen molar-refractivity contribution in [1.82, 2.24) is 4.98 Å². The largest absolute Gasteiger partial charge is 0.260 e. The Balaban J connectivity index is 2.01. The molecular formula is C22H23N2+. The van der Waals surface area contributed by atoms with Crippen LogP contribution in [0, 0.1) is 13.8 Å². The van der Waals surface area contributed by atoms with Gasteiger partial charge in [0.05, 0.1) is 11.3 Å². The van der Waals surface area contributed by atoms with Crippen LogP contribution in [0.5, 0.6) is 0 Å². The van der Waals surface area contributed by atoms with Crippen molar-refractivity contribution in [3.05, 3.63) is 71.2 Å². The fraction of sp³-hybridized carbons (Fsp3) is 0.273. The topological polar surface area (TPSA) is 16.8 Å². The van der Waals surface area contributed by atoms with Gasteiger partial charge in [-0.25, -0.2) is 4.57 Å². The van der Waals surface area contributed by atoms with Crippen LogP contribution in [0.15, 0.2) is 48.8 Å². The van der Waals surface area contributed by atoms with Crippen LogP contribution < -0.4 is 4.57 Å². The van der Waals surface area contributed by atoms with E-state index in [-0.39, 0.29) is 5.41 Å². The van der Waals surface area contributed by atoms with Crippen molar-refractivity contribution in [2.75, 3.05) is 0 Å². The highest BCUT2D eigenvalue weighted by atomic mass is 14.9. The lowest BCUT2D eigenvalue weighted by atomic mass is 9.80. The minimum absolute atomic E-state index is 0.219. The van der Waals surface area contributed by atoms with Gasteiger partial charge in [-0.15, -0.1) is 0 Å². The SMILES string of the molecule is [2H]C([2H])([2H])c1ccc(-c2c(C)ccc3c2C(C)(C)c2ncccc2-3)[n+](C)c1. The number of aromatic nitrogens is 2. The van der Waals surface area contributed by atoms with Crippen LogP contribution >= 0.6 is 0 Å². The highest BCUT2D eigenvalue weighted by molar-refractivity contribution is 5.87. The van der Waals surface area contributed by atoms with Gasteiger partial charge in [-0.3, -0.25) is 4.98 Å². The molecule has 4 rings (SSSR count). The van der Waals surface area contributed by atoms with E-state index < -0.39 is 6.85 Å². The fourth-order valence-corrected chi connectivity index (χ4v) is 4.02. The van der Waals surface area contributed by atoms with Gasteiger partial charge in [0, 0.05) is 32.9 Å². The molecule has 0 aliphatic heterocycles. The van der Waals surface area contributed by atoms with Crippen molar-refractivity contribution in [1.29, 1.82) is 0 Å². The van der Waals surface area contributed by atoms with E-state index in [2.05, 4.69) is 44.0 Å². The lowest BCUT2D eigenvalue weighted by Gasteiger charge is -2.23. The zero-order chi connectivity index (χ0) is 19.6.